The Morgan fingerprint density at radius 2 is 1.74 bits per heavy atom. The number of hydrogen-bond acceptors (Lipinski definition) is 2. The molecule has 122 valence electrons. The highest BCUT2D eigenvalue weighted by atomic mass is 19.1. The van der Waals surface area contributed by atoms with E-state index in [2.05, 4.69) is 10.2 Å². The molecule has 1 N–H and O–H groups in total. The zero-order valence-electron chi connectivity index (χ0n) is 13.1. The van der Waals surface area contributed by atoms with Crippen LogP contribution in [-0.4, -0.2) is 23.3 Å². The summed E-state index contributed by atoms with van der Waals surface area (Å²) in [7, 11) is 0. The van der Waals surface area contributed by atoms with Crippen molar-refractivity contribution < 1.29 is 8.78 Å². The summed E-state index contributed by atoms with van der Waals surface area (Å²) < 4.78 is 27.9. The molecule has 2 heterocycles. The van der Waals surface area contributed by atoms with Gasteiger partial charge in [-0.05, 0) is 56.2 Å². The summed E-state index contributed by atoms with van der Waals surface area (Å²) in [4.78, 5) is 1.83. The molecule has 23 heavy (non-hydrogen) atoms. The molecule has 0 radical (unpaired) electrons. The van der Waals surface area contributed by atoms with Gasteiger partial charge in [-0.3, -0.25) is 5.10 Å². The lowest BCUT2D eigenvalue weighted by Gasteiger charge is -2.33. The summed E-state index contributed by atoms with van der Waals surface area (Å²) in [5.41, 5.74) is 4.03. The molecule has 1 saturated heterocycles. The van der Waals surface area contributed by atoms with E-state index in [0.717, 1.165) is 25.7 Å². The number of benzene rings is 1. The van der Waals surface area contributed by atoms with Crippen molar-refractivity contribution >= 4 is 5.69 Å². The van der Waals surface area contributed by atoms with Crippen molar-refractivity contribution in [2.45, 2.75) is 44.4 Å². The maximum absolute atomic E-state index is 13.9. The van der Waals surface area contributed by atoms with E-state index in [4.69, 9.17) is 0 Å². The smallest absolute Gasteiger partial charge is 0.149 e. The van der Waals surface area contributed by atoms with Crippen LogP contribution in [-0.2, 0) is 12.8 Å². The zero-order chi connectivity index (χ0) is 15.8. The van der Waals surface area contributed by atoms with Crippen molar-refractivity contribution in [2.75, 3.05) is 18.0 Å². The third-order valence-electron chi connectivity index (χ3n) is 5.22. The van der Waals surface area contributed by atoms with Gasteiger partial charge in [-0.15, -0.1) is 0 Å². The van der Waals surface area contributed by atoms with E-state index in [0.29, 0.717) is 19.0 Å². The van der Waals surface area contributed by atoms with Gasteiger partial charge in [0, 0.05) is 24.7 Å². The minimum Gasteiger partial charge on any atom is -0.367 e. The van der Waals surface area contributed by atoms with Crippen molar-refractivity contribution in [1.29, 1.82) is 0 Å². The highest BCUT2D eigenvalue weighted by Crippen LogP contribution is 2.35. The predicted octanol–water partition coefficient (Wildman–Crippen LogP) is 3.95. The first-order valence-electron chi connectivity index (χ1n) is 8.49. The maximum atomic E-state index is 13.9. The van der Waals surface area contributed by atoms with Crippen LogP contribution < -0.4 is 4.90 Å². The number of H-pyrrole nitrogens is 1. The van der Waals surface area contributed by atoms with Gasteiger partial charge in [0.25, 0.3) is 0 Å². The monoisotopic (exact) mass is 317 g/mol. The fraction of sp³-hybridized carbons (Fsp3) is 0.500. The first-order chi connectivity index (χ1) is 11.2. The van der Waals surface area contributed by atoms with E-state index in [-0.39, 0.29) is 5.69 Å². The molecule has 0 spiro atoms. The van der Waals surface area contributed by atoms with Crippen molar-refractivity contribution in [3.63, 3.8) is 0 Å². The number of rotatable bonds is 2. The molecule has 5 heteroatoms. The Morgan fingerprint density at radius 3 is 2.48 bits per heavy atom. The molecule has 1 aliphatic carbocycles. The van der Waals surface area contributed by atoms with Crippen LogP contribution in [0.2, 0.25) is 0 Å². The number of piperidine rings is 1. The molecule has 1 fully saturated rings. The molecule has 0 atom stereocenters. The van der Waals surface area contributed by atoms with E-state index in [1.165, 1.54) is 48.0 Å². The van der Waals surface area contributed by atoms with Gasteiger partial charge < -0.3 is 4.90 Å². The van der Waals surface area contributed by atoms with Gasteiger partial charge in [0.15, 0.2) is 0 Å². The molecule has 3 nitrogen and oxygen atoms in total. The van der Waals surface area contributed by atoms with Crippen LogP contribution in [0.4, 0.5) is 14.5 Å². The van der Waals surface area contributed by atoms with Crippen LogP contribution in [0.25, 0.3) is 0 Å². The minimum absolute atomic E-state index is 0.120. The molecule has 0 saturated carbocycles. The zero-order valence-corrected chi connectivity index (χ0v) is 13.1. The Bertz CT molecular complexity index is 682. The molecule has 0 amide bonds. The van der Waals surface area contributed by atoms with E-state index in [1.54, 1.807) is 0 Å². The van der Waals surface area contributed by atoms with Crippen LogP contribution in [0.3, 0.4) is 0 Å². The Kier molecular flexibility index (Phi) is 3.79. The second kappa shape index (κ2) is 5.95. The second-order valence-electron chi connectivity index (χ2n) is 6.60. The molecule has 4 rings (SSSR count). The van der Waals surface area contributed by atoms with Gasteiger partial charge in [0.1, 0.15) is 17.3 Å². The van der Waals surface area contributed by atoms with Crippen LogP contribution in [0, 0.1) is 11.6 Å². The van der Waals surface area contributed by atoms with E-state index < -0.39 is 11.6 Å². The van der Waals surface area contributed by atoms with E-state index in [1.807, 2.05) is 4.90 Å². The standard InChI is InChI=1S/C18H21F2N3/c19-14-5-3-6-15(20)18(14)23-10-8-12(9-11-23)17-13-4-1-2-7-16(13)21-22-17/h3,5-6,12H,1-2,4,7-11H2,(H,21,22). The van der Waals surface area contributed by atoms with Gasteiger partial charge in [-0.1, -0.05) is 6.07 Å². The number of halogens is 2. The molecule has 0 unspecified atom stereocenters. The molecular weight excluding hydrogens is 296 g/mol. The second-order valence-corrected chi connectivity index (χ2v) is 6.60. The number of nitrogens with one attached hydrogen (secondary N) is 1. The first-order valence-corrected chi connectivity index (χ1v) is 8.49. The fourth-order valence-corrected chi connectivity index (χ4v) is 4.01. The topological polar surface area (TPSA) is 31.9 Å². The average molecular weight is 317 g/mol. The maximum Gasteiger partial charge on any atom is 0.149 e. The highest BCUT2D eigenvalue weighted by molar-refractivity contribution is 5.49. The molecule has 2 aromatic rings. The number of anilines is 1. The van der Waals surface area contributed by atoms with Crippen LogP contribution in [0.15, 0.2) is 18.2 Å². The summed E-state index contributed by atoms with van der Waals surface area (Å²) in [6.07, 6.45) is 6.47. The Labute approximate surface area is 134 Å². The number of para-hydroxylation sites is 1. The number of aryl methyl sites for hydroxylation is 1. The summed E-state index contributed by atoms with van der Waals surface area (Å²) >= 11 is 0. The minimum atomic E-state index is -0.472. The van der Waals surface area contributed by atoms with E-state index in [9.17, 15) is 8.78 Å². The molecule has 0 bridgehead atoms. The quantitative estimate of drug-likeness (QED) is 0.909. The van der Waals surface area contributed by atoms with Crippen molar-refractivity contribution in [2.24, 2.45) is 0 Å². The molecular formula is C18H21F2N3. The predicted molar refractivity (Wildman–Crippen MR) is 85.8 cm³/mol. The molecule has 2 aliphatic rings. The third-order valence-corrected chi connectivity index (χ3v) is 5.22. The highest BCUT2D eigenvalue weighted by Gasteiger charge is 2.28. The largest absolute Gasteiger partial charge is 0.367 e. The lowest BCUT2D eigenvalue weighted by atomic mass is 9.86. The summed E-state index contributed by atoms with van der Waals surface area (Å²) in [5.74, 6) is -0.541. The fourth-order valence-electron chi connectivity index (χ4n) is 4.01. The van der Waals surface area contributed by atoms with Gasteiger partial charge in [0.05, 0.1) is 5.69 Å². The van der Waals surface area contributed by atoms with Gasteiger partial charge in [-0.2, -0.15) is 5.10 Å². The molecule has 1 aliphatic heterocycles. The number of aromatic amines is 1. The summed E-state index contributed by atoms with van der Waals surface area (Å²) in [6, 6.07) is 4.07. The van der Waals surface area contributed by atoms with E-state index >= 15 is 0 Å². The van der Waals surface area contributed by atoms with Crippen molar-refractivity contribution in [3.8, 4) is 0 Å². The number of aromatic nitrogens is 2. The Hall–Kier alpha value is -1.91. The molecule has 1 aromatic heterocycles. The van der Waals surface area contributed by atoms with Gasteiger partial charge in [0.2, 0.25) is 0 Å². The lowest BCUT2D eigenvalue weighted by molar-refractivity contribution is 0.476. The number of hydrogen-bond donors (Lipinski definition) is 1. The Balaban J connectivity index is 1.50. The number of fused-ring (bicyclic) bond motifs is 1. The lowest BCUT2D eigenvalue weighted by Crippen LogP contribution is -2.34. The normalized spacial score (nSPS) is 19.0. The SMILES string of the molecule is Fc1cccc(F)c1N1CCC(c2n[nH]c3c2CCCC3)CC1. The molecule has 1 aromatic carbocycles. The van der Waals surface area contributed by atoms with Crippen LogP contribution >= 0.6 is 0 Å². The number of nitrogens with zero attached hydrogens (tertiary/aromatic N) is 2. The Morgan fingerprint density at radius 1 is 1.04 bits per heavy atom. The summed E-state index contributed by atoms with van der Waals surface area (Å²) in [6.45, 7) is 1.34. The first kappa shape index (κ1) is 14.7. The average Bonchev–Trinajstić information content (AvgIpc) is 2.99. The van der Waals surface area contributed by atoms with Gasteiger partial charge in [-0.25, -0.2) is 8.78 Å². The third kappa shape index (κ3) is 2.62. The van der Waals surface area contributed by atoms with Crippen molar-refractivity contribution in [3.05, 3.63) is 46.8 Å². The van der Waals surface area contributed by atoms with Gasteiger partial charge >= 0.3 is 0 Å². The van der Waals surface area contributed by atoms with Crippen molar-refractivity contribution in [1.82, 2.24) is 10.2 Å². The van der Waals surface area contributed by atoms with Crippen LogP contribution in [0.1, 0.15) is 48.6 Å². The summed E-state index contributed by atoms with van der Waals surface area (Å²) in [5, 5.41) is 7.76. The van der Waals surface area contributed by atoms with Crippen LogP contribution in [0.5, 0.6) is 0 Å².